The number of benzene rings is 1. The maximum absolute atomic E-state index is 9.47. The largest absolute Gasteiger partial charge is 0.256 e. The van der Waals surface area contributed by atoms with E-state index in [0.29, 0.717) is 5.56 Å². The molecular weight excluding hydrogens is 314 g/mol. The summed E-state index contributed by atoms with van der Waals surface area (Å²) in [6, 6.07) is 14.6. The third-order valence-corrected chi connectivity index (χ3v) is 5.51. The maximum Gasteiger partial charge on any atom is 0.114 e. The molecule has 0 spiro atoms. The quantitative estimate of drug-likeness (QED) is 0.654. The van der Waals surface area contributed by atoms with Crippen molar-refractivity contribution in [3.8, 4) is 6.07 Å². The van der Waals surface area contributed by atoms with Crippen LogP contribution in [0.3, 0.4) is 0 Å². The number of fused-ring (bicyclic) bond motifs is 2. The Hall–Kier alpha value is -2.38. The van der Waals surface area contributed by atoms with Crippen LogP contribution in [0.15, 0.2) is 47.6 Å². The summed E-state index contributed by atoms with van der Waals surface area (Å²) in [7, 11) is 0. The van der Waals surface area contributed by atoms with E-state index in [9.17, 15) is 5.26 Å². The molecule has 0 bridgehead atoms. The van der Waals surface area contributed by atoms with E-state index in [-0.39, 0.29) is 0 Å². The zero-order valence-electron chi connectivity index (χ0n) is 13.3. The third kappa shape index (κ3) is 2.88. The molecule has 0 fully saturated rings. The van der Waals surface area contributed by atoms with Crippen LogP contribution >= 0.6 is 11.8 Å². The number of rotatable bonds is 3. The Balaban J connectivity index is 1.65. The molecule has 0 aliphatic heterocycles. The molecule has 0 atom stereocenters. The van der Waals surface area contributed by atoms with Gasteiger partial charge in [-0.15, -0.1) is 11.8 Å². The van der Waals surface area contributed by atoms with Crippen LogP contribution in [0.25, 0.3) is 10.9 Å². The first-order valence-electron chi connectivity index (χ1n) is 8.23. The Kier molecular flexibility index (Phi) is 4.18. The Labute approximate surface area is 145 Å². The van der Waals surface area contributed by atoms with Crippen LogP contribution < -0.4 is 0 Å². The molecule has 118 valence electrons. The minimum absolute atomic E-state index is 0.703. The number of nitriles is 1. The number of hydrogen-bond acceptors (Lipinski definition) is 4. The first-order chi connectivity index (χ1) is 11.8. The lowest BCUT2D eigenvalue weighted by Gasteiger charge is -2.16. The van der Waals surface area contributed by atoms with Crippen molar-refractivity contribution in [1.29, 1.82) is 5.26 Å². The molecular formula is C20H17N3S. The molecule has 4 rings (SSSR count). The van der Waals surface area contributed by atoms with E-state index >= 15 is 0 Å². The molecule has 0 amide bonds. The van der Waals surface area contributed by atoms with Crippen LogP contribution in [0.4, 0.5) is 0 Å². The van der Waals surface area contributed by atoms with Crippen LogP contribution in [0, 0.1) is 11.3 Å². The van der Waals surface area contributed by atoms with Crippen molar-refractivity contribution in [2.24, 2.45) is 0 Å². The summed E-state index contributed by atoms with van der Waals surface area (Å²) in [5.41, 5.74) is 5.35. The van der Waals surface area contributed by atoms with Crippen molar-refractivity contribution < 1.29 is 0 Å². The van der Waals surface area contributed by atoms with Crippen LogP contribution in [0.2, 0.25) is 0 Å². The number of aromatic nitrogens is 2. The molecule has 1 aliphatic carbocycles. The monoisotopic (exact) mass is 331 g/mol. The fraction of sp³-hybridized carbons (Fsp3) is 0.250. The van der Waals surface area contributed by atoms with Gasteiger partial charge in [-0.2, -0.15) is 5.26 Å². The van der Waals surface area contributed by atoms with Gasteiger partial charge in [0.2, 0.25) is 0 Å². The summed E-state index contributed by atoms with van der Waals surface area (Å²) in [6.45, 7) is 0. The van der Waals surface area contributed by atoms with Gasteiger partial charge in [-0.1, -0.05) is 24.3 Å². The molecule has 2 heterocycles. The first kappa shape index (κ1) is 15.2. The fourth-order valence-electron chi connectivity index (χ4n) is 3.23. The standard InChI is InChI=1S/C20H17N3S/c21-12-17-11-15-5-1-2-9-18(15)23-20(17)24-13-16-7-3-6-14-8-4-10-22-19(14)16/h3-4,6-8,10-11H,1-2,5,9,13H2. The van der Waals surface area contributed by atoms with Gasteiger partial charge in [0.1, 0.15) is 11.1 Å². The Morgan fingerprint density at radius 2 is 2.00 bits per heavy atom. The van der Waals surface area contributed by atoms with E-state index in [1.54, 1.807) is 11.8 Å². The third-order valence-electron chi connectivity index (χ3n) is 4.47. The lowest BCUT2D eigenvalue weighted by Crippen LogP contribution is -2.07. The molecule has 1 aliphatic rings. The molecule has 0 saturated heterocycles. The second kappa shape index (κ2) is 6.62. The zero-order chi connectivity index (χ0) is 16.4. The van der Waals surface area contributed by atoms with Crippen LogP contribution in [-0.4, -0.2) is 9.97 Å². The van der Waals surface area contributed by atoms with Gasteiger partial charge in [0.15, 0.2) is 0 Å². The molecule has 24 heavy (non-hydrogen) atoms. The minimum atomic E-state index is 0.703. The highest BCUT2D eigenvalue weighted by atomic mass is 32.2. The van der Waals surface area contributed by atoms with E-state index in [0.717, 1.165) is 34.5 Å². The molecule has 3 nitrogen and oxygen atoms in total. The van der Waals surface area contributed by atoms with Crippen molar-refractivity contribution in [3.05, 3.63) is 65.0 Å². The number of aryl methyl sites for hydroxylation is 2. The number of nitrogens with zero attached hydrogens (tertiary/aromatic N) is 3. The number of hydrogen-bond donors (Lipinski definition) is 0. The van der Waals surface area contributed by atoms with E-state index in [4.69, 9.17) is 4.98 Å². The van der Waals surface area contributed by atoms with Crippen molar-refractivity contribution in [1.82, 2.24) is 9.97 Å². The van der Waals surface area contributed by atoms with Gasteiger partial charge in [-0.25, -0.2) is 4.98 Å². The van der Waals surface area contributed by atoms with Crippen LogP contribution in [0.1, 0.15) is 35.2 Å². The molecule has 0 saturated carbocycles. The van der Waals surface area contributed by atoms with Crippen LogP contribution in [-0.2, 0) is 18.6 Å². The Bertz CT molecular complexity index is 938. The molecule has 2 aromatic heterocycles. The SMILES string of the molecule is N#Cc1cc2c(nc1SCc1cccc3cccnc13)CCCC2. The van der Waals surface area contributed by atoms with E-state index in [1.807, 2.05) is 18.3 Å². The van der Waals surface area contributed by atoms with E-state index < -0.39 is 0 Å². The molecule has 0 N–H and O–H groups in total. The summed E-state index contributed by atoms with van der Waals surface area (Å²) >= 11 is 1.64. The average Bonchev–Trinajstić information content (AvgIpc) is 2.65. The Morgan fingerprint density at radius 1 is 1.12 bits per heavy atom. The van der Waals surface area contributed by atoms with Gasteiger partial charge in [-0.05, 0) is 48.9 Å². The second-order valence-corrected chi connectivity index (χ2v) is 7.01. The number of thioether (sulfide) groups is 1. The smallest absolute Gasteiger partial charge is 0.114 e. The molecule has 3 aromatic rings. The van der Waals surface area contributed by atoms with Gasteiger partial charge in [0.05, 0.1) is 11.1 Å². The van der Waals surface area contributed by atoms with Gasteiger partial charge in [0, 0.05) is 23.0 Å². The molecule has 4 heteroatoms. The summed E-state index contributed by atoms with van der Waals surface area (Å²) in [4.78, 5) is 9.31. The lowest BCUT2D eigenvalue weighted by molar-refractivity contribution is 0.660. The normalized spacial score (nSPS) is 13.5. The summed E-state index contributed by atoms with van der Waals surface area (Å²) < 4.78 is 0. The van der Waals surface area contributed by atoms with Gasteiger partial charge in [-0.3, -0.25) is 4.98 Å². The molecule has 1 aromatic carbocycles. The first-order valence-corrected chi connectivity index (χ1v) is 9.22. The highest BCUT2D eigenvalue weighted by Gasteiger charge is 2.15. The van der Waals surface area contributed by atoms with Crippen molar-refractivity contribution in [3.63, 3.8) is 0 Å². The maximum atomic E-state index is 9.47. The van der Waals surface area contributed by atoms with Gasteiger partial charge < -0.3 is 0 Å². The van der Waals surface area contributed by atoms with Crippen molar-refractivity contribution in [2.45, 2.75) is 36.5 Å². The van der Waals surface area contributed by atoms with Crippen molar-refractivity contribution >= 4 is 22.7 Å². The summed E-state index contributed by atoms with van der Waals surface area (Å²) in [5.74, 6) is 0.773. The summed E-state index contributed by atoms with van der Waals surface area (Å²) in [6.07, 6.45) is 6.31. The average molecular weight is 331 g/mol. The minimum Gasteiger partial charge on any atom is -0.256 e. The zero-order valence-corrected chi connectivity index (χ0v) is 14.1. The van der Waals surface area contributed by atoms with Gasteiger partial charge >= 0.3 is 0 Å². The molecule has 0 unspecified atom stereocenters. The summed E-state index contributed by atoms with van der Waals surface area (Å²) in [5, 5.41) is 11.5. The topological polar surface area (TPSA) is 49.6 Å². The highest BCUT2D eigenvalue weighted by Crippen LogP contribution is 2.30. The predicted octanol–water partition coefficient (Wildman–Crippen LogP) is 4.67. The van der Waals surface area contributed by atoms with E-state index in [1.165, 1.54) is 29.7 Å². The number of pyridine rings is 2. The Morgan fingerprint density at radius 3 is 2.92 bits per heavy atom. The van der Waals surface area contributed by atoms with Gasteiger partial charge in [0.25, 0.3) is 0 Å². The predicted molar refractivity (Wildman–Crippen MR) is 96.9 cm³/mol. The van der Waals surface area contributed by atoms with Crippen molar-refractivity contribution in [2.75, 3.05) is 0 Å². The fourth-order valence-corrected chi connectivity index (χ4v) is 4.19. The second-order valence-electron chi connectivity index (χ2n) is 6.05. The highest BCUT2D eigenvalue weighted by molar-refractivity contribution is 7.98. The van der Waals surface area contributed by atoms with Crippen LogP contribution in [0.5, 0.6) is 0 Å². The lowest BCUT2D eigenvalue weighted by atomic mass is 9.95. The number of para-hydroxylation sites is 1. The molecule has 0 radical (unpaired) electrons. The van der Waals surface area contributed by atoms with E-state index in [2.05, 4.69) is 35.3 Å².